The zero-order valence-electron chi connectivity index (χ0n) is 17.1. The minimum atomic E-state index is -0.830. The zero-order chi connectivity index (χ0) is 20.6. The summed E-state index contributed by atoms with van der Waals surface area (Å²) in [6.45, 7) is 4.38. The van der Waals surface area contributed by atoms with Gasteiger partial charge >= 0.3 is 6.03 Å². The second-order valence-electron chi connectivity index (χ2n) is 8.94. The van der Waals surface area contributed by atoms with Crippen LogP contribution in [0.4, 0.5) is 4.79 Å². The molecule has 4 fully saturated rings. The van der Waals surface area contributed by atoms with Gasteiger partial charge < -0.3 is 15.5 Å². The molecule has 29 heavy (non-hydrogen) atoms. The van der Waals surface area contributed by atoms with Crippen LogP contribution in [0.2, 0.25) is 0 Å². The summed E-state index contributed by atoms with van der Waals surface area (Å²) < 4.78 is 0. The predicted molar refractivity (Wildman–Crippen MR) is 105 cm³/mol. The molecule has 2 heterocycles. The second kappa shape index (κ2) is 7.93. The van der Waals surface area contributed by atoms with E-state index < -0.39 is 11.6 Å². The standard InChI is InChI=1S/C20H31N5O4/c1-14-4-2-3-7-20(14)18(28)25(19(29)22-20)13-17(27)24-10-8-23(9-11-24)12-16(26)21-15-5-6-15/h14-15H,2-13H2,1H3,(H,21,26)(H,22,29)/t14-,20+/m0/s1. The van der Waals surface area contributed by atoms with Crippen molar-refractivity contribution in [2.24, 2.45) is 5.92 Å². The third-order valence-corrected chi connectivity index (χ3v) is 6.83. The number of amides is 5. The van der Waals surface area contributed by atoms with Gasteiger partial charge in [0.05, 0.1) is 6.54 Å². The van der Waals surface area contributed by atoms with Crippen LogP contribution in [-0.4, -0.2) is 89.3 Å². The first-order valence-electron chi connectivity index (χ1n) is 10.8. The summed E-state index contributed by atoms with van der Waals surface area (Å²) in [5.41, 5.74) is -0.830. The number of rotatable bonds is 5. The van der Waals surface area contributed by atoms with Crippen LogP contribution >= 0.6 is 0 Å². The molecule has 0 aromatic carbocycles. The molecule has 2 aliphatic carbocycles. The third kappa shape index (κ3) is 4.10. The van der Waals surface area contributed by atoms with Crippen molar-refractivity contribution in [3.63, 3.8) is 0 Å². The van der Waals surface area contributed by atoms with Crippen LogP contribution in [0.25, 0.3) is 0 Å². The van der Waals surface area contributed by atoms with Crippen LogP contribution in [0.1, 0.15) is 45.4 Å². The summed E-state index contributed by atoms with van der Waals surface area (Å²) in [7, 11) is 0. The summed E-state index contributed by atoms with van der Waals surface area (Å²) in [4.78, 5) is 55.0. The Morgan fingerprint density at radius 3 is 2.45 bits per heavy atom. The average molecular weight is 405 g/mol. The smallest absolute Gasteiger partial charge is 0.325 e. The van der Waals surface area contributed by atoms with E-state index in [1.54, 1.807) is 4.90 Å². The van der Waals surface area contributed by atoms with Gasteiger partial charge in [0.1, 0.15) is 12.1 Å². The monoisotopic (exact) mass is 405 g/mol. The predicted octanol–water partition coefficient (Wildman–Crippen LogP) is -0.0901. The van der Waals surface area contributed by atoms with E-state index in [0.717, 1.165) is 37.0 Å². The van der Waals surface area contributed by atoms with E-state index in [0.29, 0.717) is 45.2 Å². The molecule has 2 saturated heterocycles. The number of urea groups is 1. The molecular weight excluding hydrogens is 374 g/mol. The Bertz CT molecular complexity index is 701. The zero-order valence-corrected chi connectivity index (χ0v) is 17.1. The molecule has 2 saturated carbocycles. The SMILES string of the molecule is C[C@H]1CCCC[C@@]12NC(=O)N(CC(=O)N1CCN(CC(=O)NC3CC3)CC1)C2=O. The van der Waals surface area contributed by atoms with Crippen LogP contribution in [0.5, 0.6) is 0 Å². The maximum absolute atomic E-state index is 13.0. The molecular formula is C20H31N5O4. The summed E-state index contributed by atoms with van der Waals surface area (Å²) in [5, 5.41) is 5.87. The first-order chi connectivity index (χ1) is 13.9. The normalized spacial score (nSPS) is 30.6. The lowest BCUT2D eigenvalue weighted by Gasteiger charge is -2.37. The molecule has 2 aliphatic heterocycles. The van der Waals surface area contributed by atoms with Gasteiger partial charge in [0, 0.05) is 32.2 Å². The molecule has 2 atom stereocenters. The van der Waals surface area contributed by atoms with Crippen molar-refractivity contribution in [1.29, 1.82) is 0 Å². The van der Waals surface area contributed by atoms with E-state index in [4.69, 9.17) is 0 Å². The fraction of sp³-hybridized carbons (Fsp3) is 0.800. The number of nitrogens with one attached hydrogen (secondary N) is 2. The second-order valence-corrected chi connectivity index (χ2v) is 8.94. The molecule has 9 nitrogen and oxygen atoms in total. The van der Waals surface area contributed by atoms with Crippen molar-refractivity contribution >= 4 is 23.8 Å². The lowest BCUT2D eigenvalue weighted by Crippen LogP contribution is -2.55. The highest BCUT2D eigenvalue weighted by molar-refractivity contribution is 6.09. The van der Waals surface area contributed by atoms with Crippen LogP contribution < -0.4 is 10.6 Å². The Balaban J connectivity index is 1.28. The van der Waals surface area contributed by atoms with Crippen LogP contribution in [0.3, 0.4) is 0 Å². The number of carbonyl (C=O) groups excluding carboxylic acids is 4. The van der Waals surface area contributed by atoms with E-state index >= 15 is 0 Å². The van der Waals surface area contributed by atoms with Crippen molar-refractivity contribution < 1.29 is 19.2 Å². The molecule has 0 unspecified atom stereocenters. The van der Waals surface area contributed by atoms with Crippen LogP contribution in [0.15, 0.2) is 0 Å². The number of hydrogen-bond donors (Lipinski definition) is 2. The van der Waals surface area contributed by atoms with Gasteiger partial charge in [0.25, 0.3) is 5.91 Å². The molecule has 9 heteroatoms. The Morgan fingerprint density at radius 1 is 1.07 bits per heavy atom. The van der Waals surface area contributed by atoms with E-state index in [2.05, 4.69) is 10.6 Å². The summed E-state index contributed by atoms with van der Waals surface area (Å²) in [6, 6.07) is -0.0998. The maximum atomic E-state index is 13.0. The molecule has 4 rings (SSSR count). The van der Waals surface area contributed by atoms with Crippen molar-refractivity contribution in [1.82, 2.24) is 25.3 Å². The van der Waals surface area contributed by atoms with Crippen molar-refractivity contribution in [2.75, 3.05) is 39.3 Å². The molecule has 2 N–H and O–H groups in total. The Hall–Kier alpha value is -2.16. The summed E-state index contributed by atoms with van der Waals surface area (Å²) in [5.74, 6) is -0.342. The first kappa shape index (κ1) is 20.1. The van der Waals surface area contributed by atoms with Gasteiger partial charge in [-0.05, 0) is 31.6 Å². The van der Waals surface area contributed by atoms with Crippen LogP contribution in [-0.2, 0) is 14.4 Å². The summed E-state index contributed by atoms with van der Waals surface area (Å²) >= 11 is 0. The van der Waals surface area contributed by atoms with Gasteiger partial charge in [-0.15, -0.1) is 0 Å². The van der Waals surface area contributed by atoms with E-state index in [1.165, 1.54) is 0 Å². The fourth-order valence-electron chi connectivity index (χ4n) is 4.73. The quantitative estimate of drug-likeness (QED) is 0.623. The van der Waals surface area contributed by atoms with Gasteiger partial charge in [-0.1, -0.05) is 19.8 Å². The molecule has 0 aromatic heterocycles. The summed E-state index contributed by atoms with van der Waals surface area (Å²) in [6.07, 6.45) is 5.66. The largest absolute Gasteiger partial charge is 0.352 e. The Labute approximate surface area is 171 Å². The van der Waals surface area contributed by atoms with Gasteiger partial charge in [-0.3, -0.25) is 24.2 Å². The average Bonchev–Trinajstić information content (AvgIpc) is 3.47. The highest BCUT2D eigenvalue weighted by Crippen LogP contribution is 2.38. The van der Waals surface area contributed by atoms with Crippen LogP contribution in [0, 0.1) is 5.92 Å². The van der Waals surface area contributed by atoms with Crippen molar-refractivity contribution in [2.45, 2.75) is 57.0 Å². The molecule has 160 valence electrons. The fourth-order valence-corrected chi connectivity index (χ4v) is 4.73. The molecule has 4 aliphatic rings. The Morgan fingerprint density at radius 2 is 1.79 bits per heavy atom. The van der Waals surface area contributed by atoms with Gasteiger partial charge in [0.2, 0.25) is 11.8 Å². The number of nitrogens with zero attached hydrogens (tertiary/aromatic N) is 3. The van der Waals surface area contributed by atoms with E-state index in [9.17, 15) is 19.2 Å². The highest BCUT2D eigenvalue weighted by atomic mass is 16.2. The van der Waals surface area contributed by atoms with Gasteiger partial charge in [0.15, 0.2) is 0 Å². The van der Waals surface area contributed by atoms with E-state index in [-0.39, 0.29) is 30.2 Å². The highest BCUT2D eigenvalue weighted by Gasteiger charge is 2.55. The number of piperazine rings is 1. The molecule has 0 aromatic rings. The van der Waals surface area contributed by atoms with Gasteiger partial charge in [-0.2, -0.15) is 0 Å². The Kier molecular flexibility index (Phi) is 5.50. The maximum Gasteiger partial charge on any atom is 0.325 e. The minimum absolute atomic E-state index is 0.0403. The third-order valence-electron chi connectivity index (χ3n) is 6.83. The topological polar surface area (TPSA) is 102 Å². The number of imide groups is 1. The molecule has 0 bridgehead atoms. The van der Waals surface area contributed by atoms with Gasteiger partial charge in [-0.25, -0.2) is 4.79 Å². The molecule has 0 radical (unpaired) electrons. The van der Waals surface area contributed by atoms with Crippen molar-refractivity contribution in [3.05, 3.63) is 0 Å². The lowest BCUT2D eigenvalue weighted by molar-refractivity contribution is -0.141. The lowest BCUT2D eigenvalue weighted by atomic mass is 9.73. The molecule has 1 spiro atoms. The van der Waals surface area contributed by atoms with E-state index in [1.807, 2.05) is 11.8 Å². The van der Waals surface area contributed by atoms with Crippen molar-refractivity contribution in [3.8, 4) is 0 Å². The number of hydrogen-bond acceptors (Lipinski definition) is 5. The first-order valence-corrected chi connectivity index (χ1v) is 10.8. The number of carbonyl (C=O) groups is 4. The molecule has 5 amide bonds. The minimum Gasteiger partial charge on any atom is -0.352 e.